The zero-order valence-electron chi connectivity index (χ0n) is 8.14. The van der Waals surface area contributed by atoms with Crippen LogP contribution in [-0.4, -0.2) is 32.4 Å². The molecule has 0 bridgehead atoms. The highest BCUT2D eigenvalue weighted by molar-refractivity contribution is 9.10. The maximum absolute atomic E-state index is 12.6. The van der Waals surface area contributed by atoms with Gasteiger partial charge in [-0.05, 0) is 15.9 Å². The Hall–Kier alpha value is -1.91. The SMILES string of the molecule is O=C(O)N(C(=O)O)c1ncc(Br)nc1C(F)(F)F. The van der Waals surface area contributed by atoms with Crippen LogP contribution in [0.5, 0.6) is 0 Å². The smallest absolute Gasteiger partial charge is 0.437 e. The number of hydrogen-bond acceptors (Lipinski definition) is 4. The van der Waals surface area contributed by atoms with Crippen molar-refractivity contribution >= 4 is 33.9 Å². The molecule has 1 aromatic heterocycles. The minimum atomic E-state index is -5.05. The number of carboxylic acid groups (broad SMARTS) is 2. The Morgan fingerprint density at radius 3 is 2.17 bits per heavy atom. The molecule has 1 rings (SSSR count). The first-order valence-electron chi connectivity index (χ1n) is 4.00. The molecule has 0 atom stereocenters. The summed E-state index contributed by atoms with van der Waals surface area (Å²) in [6.07, 6.45) is -8.53. The van der Waals surface area contributed by atoms with E-state index >= 15 is 0 Å². The highest BCUT2D eigenvalue weighted by Crippen LogP contribution is 2.34. The van der Waals surface area contributed by atoms with E-state index in [4.69, 9.17) is 10.2 Å². The van der Waals surface area contributed by atoms with E-state index in [1.54, 1.807) is 0 Å². The topological polar surface area (TPSA) is 104 Å². The molecule has 1 heterocycles. The van der Waals surface area contributed by atoms with Crippen molar-refractivity contribution in [2.45, 2.75) is 6.18 Å². The molecule has 0 radical (unpaired) electrons. The fourth-order valence-corrected chi connectivity index (χ4v) is 1.26. The van der Waals surface area contributed by atoms with E-state index < -0.39 is 34.8 Å². The predicted molar refractivity (Wildman–Crippen MR) is 53.3 cm³/mol. The Bertz CT molecular complexity index is 493. The second-order valence-corrected chi connectivity index (χ2v) is 3.58. The van der Waals surface area contributed by atoms with Gasteiger partial charge in [-0.3, -0.25) is 0 Å². The lowest BCUT2D eigenvalue weighted by Crippen LogP contribution is -2.37. The Balaban J connectivity index is 3.48. The minimum Gasteiger partial charge on any atom is -0.464 e. The average Bonchev–Trinajstić information content (AvgIpc) is 2.17. The second kappa shape index (κ2) is 4.76. The number of aromatic nitrogens is 2. The van der Waals surface area contributed by atoms with Gasteiger partial charge >= 0.3 is 18.4 Å². The van der Waals surface area contributed by atoms with Crippen molar-refractivity contribution in [3.63, 3.8) is 0 Å². The van der Waals surface area contributed by atoms with Gasteiger partial charge in [0.1, 0.15) is 4.60 Å². The van der Waals surface area contributed by atoms with Crippen molar-refractivity contribution < 1.29 is 33.0 Å². The van der Waals surface area contributed by atoms with Crippen LogP contribution in [0.15, 0.2) is 10.8 Å². The summed E-state index contributed by atoms with van der Waals surface area (Å²) >= 11 is 2.62. The van der Waals surface area contributed by atoms with Crippen molar-refractivity contribution in [1.29, 1.82) is 0 Å². The van der Waals surface area contributed by atoms with Crippen molar-refractivity contribution in [2.24, 2.45) is 0 Å². The van der Waals surface area contributed by atoms with Crippen molar-refractivity contribution in [1.82, 2.24) is 9.97 Å². The Morgan fingerprint density at radius 2 is 1.78 bits per heavy atom. The van der Waals surface area contributed by atoms with E-state index in [9.17, 15) is 22.8 Å². The normalized spacial score (nSPS) is 11.1. The number of anilines is 1. The quantitative estimate of drug-likeness (QED) is 0.820. The van der Waals surface area contributed by atoms with E-state index in [1.807, 2.05) is 0 Å². The van der Waals surface area contributed by atoms with Crippen LogP contribution >= 0.6 is 15.9 Å². The molecule has 0 aliphatic rings. The number of halogens is 4. The lowest BCUT2D eigenvalue weighted by molar-refractivity contribution is -0.140. The molecule has 0 aliphatic heterocycles. The molecular formula is C7H3BrF3N3O4. The lowest BCUT2D eigenvalue weighted by atomic mass is 10.3. The summed E-state index contributed by atoms with van der Waals surface area (Å²) < 4.78 is 37.4. The summed E-state index contributed by atoms with van der Waals surface area (Å²) in [6.45, 7) is 0. The summed E-state index contributed by atoms with van der Waals surface area (Å²) in [6, 6.07) is 0. The van der Waals surface area contributed by atoms with Crippen molar-refractivity contribution in [3.8, 4) is 0 Å². The molecule has 18 heavy (non-hydrogen) atoms. The molecule has 2 amide bonds. The molecular weight excluding hydrogens is 327 g/mol. The molecule has 98 valence electrons. The number of hydrogen-bond donors (Lipinski definition) is 2. The molecule has 0 fully saturated rings. The van der Waals surface area contributed by atoms with Gasteiger partial charge < -0.3 is 10.2 Å². The summed E-state index contributed by atoms with van der Waals surface area (Å²) in [5, 5.41) is 17.1. The summed E-state index contributed by atoms with van der Waals surface area (Å²) in [5.74, 6) is -1.33. The van der Waals surface area contributed by atoms with E-state index in [0.29, 0.717) is 0 Å². The molecule has 2 N–H and O–H groups in total. The predicted octanol–water partition coefficient (Wildman–Crippen LogP) is 2.42. The highest BCUT2D eigenvalue weighted by Gasteiger charge is 2.41. The summed E-state index contributed by atoms with van der Waals surface area (Å²) in [7, 11) is 0. The average molecular weight is 330 g/mol. The van der Waals surface area contributed by atoms with Crippen LogP contribution in [0.4, 0.5) is 28.6 Å². The first kappa shape index (κ1) is 14.2. The van der Waals surface area contributed by atoms with Crippen molar-refractivity contribution in [2.75, 3.05) is 4.90 Å². The largest absolute Gasteiger partial charge is 0.464 e. The zero-order chi connectivity index (χ0) is 14.1. The fraction of sp³-hybridized carbons (Fsp3) is 0.143. The van der Waals surface area contributed by atoms with E-state index in [2.05, 4.69) is 25.9 Å². The molecule has 0 aromatic carbocycles. The van der Waals surface area contributed by atoms with Crippen molar-refractivity contribution in [3.05, 3.63) is 16.5 Å². The maximum atomic E-state index is 12.6. The van der Waals surface area contributed by atoms with Crippen LogP contribution in [0.2, 0.25) is 0 Å². The molecule has 0 saturated heterocycles. The molecule has 7 nitrogen and oxygen atoms in total. The van der Waals surface area contributed by atoms with Gasteiger partial charge in [-0.15, -0.1) is 0 Å². The number of rotatable bonds is 1. The molecule has 0 spiro atoms. The Morgan fingerprint density at radius 1 is 1.28 bits per heavy atom. The van der Waals surface area contributed by atoms with Gasteiger partial charge in [0.15, 0.2) is 11.5 Å². The third-order valence-electron chi connectivity index (χ3n) is 1.59. The highest BCUT2D eigenvalue weighted by atomic mass is 79.9. The number of nitrogens with zero attached hydrogens (tertiary/aromatic N) is 3. The Labute approximate surface area is 105 Å². The van der Waals surface area contributed by atoms with Crippen LogP contribution < -0.4 is 4.90 Å². The van der Waals surface area contributed by atoms with Crippen LogP contribution in [0.25, 0.3) is 0 Å². The van der Waals surface area contributed by atoms with Gasteiger partial charge in [-0.2, -0.15) is 18.1 Å². The van der Waals surface area contributed by atoms with Gasteiger partial charge in [0.05, 0.1) is 6.20 Å². The van der Waals surface area contributed by atoms with Gasteiger partial charge in [-0.1, -0.05) is 0 Å². The van der Waals surface area contributed by atoms with Gasteiger partial charge in [0.2, 0.25) is 0 Å². The van der Waals surface area contributed by atoms with Gasteiger partial charge in [-0.25, -0.2) is 19.6 Å². The van der Waals surface area contributed by atoms with Crippen LogP contribution in [0, 0.1) is 0 Å². The first-order chi connectivity index (χ1) is 8.14. The fourth-order valence-electron chi connectivity index (χ4n) is 0.978. The maximum Gasteiger partial charge on any atom is 0.437 e. The molecule has 0 unspecified atom stereocenters. The van der Waals surface area contributed by atoms with E-state index in [-0.39, 0.29) is 4.60 Å². The zero-order valence-corrected chi connectivity index (χ0v) is 9.73. The van der Waals surface area contributed by atoms with Gasteiger partial charge in [0.25, 0.3) is 0 Å². The number of amides is 2. The monoisotopic (exact) mass is 329 g/mol. The van der Waals surface area contributed by atoms with Crippen LogP contribution in [-0.2, 0) is 6.18 Å². The second-order valence-electron chi connectivity index (χ2n) is 2.76. The van der Waals surface area contributed by atoms with E-state index in [1.165, 1.54) is 0 Å². The van der Waals surface area contributed by atoms with E-state index in [0.717, 1.165) is 6.20 Å². The Kier molecular flexibility index (Phi) is 3.74. The lowest BCUT2D eigenvalue weighted by Gasteiger charge is -2.16. The minimum absolute atomic E-state index is 0.311. The van der Waals surface area contributed by atoms with Crippen LogP contribution in [0.3, 0.4) is 0 Å². The molecule has 0 saturated carbocycles. The standard InChI is InChI=1S/C7H3BrF3N3O4/c8-2-1-12-4(3(13-2)7(9,10)11)14(5(15)16)6(17)18/h1H,(H,15,16)(H,17,18). The summed E-state index contributed by atoms with van der Waals surface area (Å²) in [5.41, 5.74) is -1.72. The summed E-state index contributed by atoms with van der Waals surface area (Å²) in [4.78, 5) is 26.8. The molecule has 11 heteroatoms. The van der Waals surface area contributed by atoms with Gasteiger partial charge in [0, 0.05) is 0 Å². The first-order valence-corrected chi connectivity index (χ1v) is 4.79. The number of alkyl halides is 3. The number of carbonyl (C=O) groups is 2. The molecule has 1 aromatic rings. The third kappa shape index (κ3) is 2.85. The number of imide groups is 1. The molecule has 0 aliphatic carbocycles. The van der Waals surface area contributed by atoms with Crippen LogP contribution in [0.1, 0.15) is 5.69 Å². The third-order valence-corrected chi connectivity index (χ3v) is 1.97.